The molecule has 0 saturated heterocycles. The van der Waals surface area contributed by atoms with E-state index in [1.54, 1.807) is 36.4 Å². The Bertz CT molecular complexity index is 1360. The molecule has 0 aliphatic heterocycles. The molecular formula is C25H23ClN2O7S. The number of rotatable bonds is 11. The first kappa shape index (κ1) is 26.9. The van der Waals surface area contributed by atoms with Gasteiger partial charge in [0.05, 0.1) is 16.0 Å². The normalized spacial score (nSPS) is 12.0. The van der Waals surface area contributed by atoms with Crippen LogP contribution in [0.3, 0.4) is 0 Å². The highest BCUT2D eigenvalue weighted by molar-refractivity contribution is 7.89. The molecule has 11 heteroatoms. The average molecular weight is 531 g/mol. The van der Waals surface area contributed by atoms with E-state index in [2.05, 4.69) is 10.0 Å². The number of carbonyl (C=O) groups is 3. The summed E-state index contributed by atoms with van der Waals surface area (Å²) in [5.41, 5.74) is 1.42. The second-order valence-corrected chi connectivity index (χ2v) is 9.94. The highest BCUT2D eigenvalue weighted by Crippen LogP contribution is 2.23. The van der Waals surface area contributed by atoms with Crippen LogP contribution in [0.1, 0.15) is 33.6 Å². The number of carboxylic acids is 2. The number of amides is 1. The van der Waals surface area contributed by atoms with Crippen molar-refractivity contribution in [1.82, 2.24) is 10.0 Å². The molecule has 9 nitrogen and oxygen atoms in total. The van der Waals surface area contributed by atoms with Crippen molar-refractivity contribution >= 4 is 39.5 Å². The summed E-state index contributed by atoms with van der Waals surface area (Å²) in [4.78, 5) is 35.1. The molecule has 0 spiro atoms. The van der Waals surface area contributed by atoms with Crippen molar-refractivity contribution in [3.05, 3.63) is 88.9 Å². The van der Waals surface area contributed by atoms with Crippen LogP contribution in [-0.4, -0.2) is 49.1 Å². The van der Waals surface area contributed by atoms with Crippen molar-refractivity contribution < 1.29 is 33.0 Å². The minimum Gasteiger partial charge on any atom is -0.480 e. The van der Waals surface area contributed by atoms with Crippen molar-refractivity contribution in [3.8, 4) is 11.1 Å². The summed E-state index contributed by atoms with van der Waals surface area (Å²) in [6.07, 6.45) is 0.0360. The van der Waals surface area contributed by atoms with Gasteiger partial charge in [0.15, 0.2) is 0 Å². The third-order valence-corrected chi connectivity index (χ3v) is 7.03. The summed E-state index contributed by atoms with van der Waals surface area (Å²) < 4.78 is 27.7. The highest BCUT2D eigenvalue weighted by Gasteiger charge is 2.25. The van der Waals surface area contributed by atoms with E-state index in [1.807, 2.05) is 0 Å². The lowest BCUT2D eigenvalue weighted by Gasteiger charge is -2.15. The SMILES string of the molecule is O=C(O)c1ccccc1C(=O)NCCC[C@@H](NS(=O)(=O)c1ccc(-c2ccc(Cl)cc2)cc1)C(=O)O. The number of carbonyl (C=O) groups excluding carboxylic acids is 1. The summed E-state index contributed by atoms with van der Waals surface area (Å²) in [6.45, 7) is 0.0219. The van der Waals surface area contributed by atoms with Gasteiger partial charge in [0.25, 0.3) is 5.91 Å². The topological polar surface area (TPSA) is 150 Å². The first-order chi connectivity index (χ1) is 17.1. The zero-order valence-electron chi connectivity index (χ0n) is 18.8. The molecular weight excluding hydrogens is 508 g/mol. The fraction of sp³-hybridized carbons (Fsp3) is 0.160. The number of carboxylic acid groups (broad SMARTS) is 2. The number of sulfonamides is 1. The van der Waals surface area contributed by atoms with Gasteiger partial charge >= 0.3 is 11.9 Å². The lowest BCUT2D eigenvalue weighted by atomic mass is 10.1. The largest absolute Gasteiger partial charge is 0.480 e. The molecule has 4 N–H and O–H groups in total. The van der Waals surface area contributed by atoms with Crippen LogP contribution in [0.4, 0.5) is 0 Å². The maximum Gasteiger partial charge on any atom is 0.336 e. The molecule has 3 aromatic rings. The van der Waals surface area contributed by atoms with E-state index in [0.29, 0.717) is 5.02 Å². The Morgan fingerprint density at radius 1 is 0.833 bits per heavy atom. The predicted molar refractivity (Wildman–Crippen MR) is 134 cm³/mol. The van der Waals surface area contributed by atoms with Gasteiger partial charge in [-0.15, -0.1) is 0 Å². The van der Waals surface area contributed by atoms with Gasteiger partial charge in [-0.05, 0) is 60.4 Å². The van der Waals surface area contributed by atoms with Crippen LogP contribution in [0.5, 0.6) is 0 Å². The first-order valence-electron chi connectivity index (χ1n) is 10.8. The number of hydrogen-bond acceptors (Lipinski definition) is 5. The fourth-order valence-corrected chi connectivity index (χ4v) is 4.78. The minimum atomic E-state index is -4.13. The molecule has 0 saturated carbocycles. The summed E-state index contributed by atoms with van der Waals surface area (Å²) in [5, 5.41) is 21.8. The molecule has 1 amide bonds. The van der Waals surface area contributed by atoms with Crippen LogP contribution >= 0.6 is 11.6 Å². The van der Waals surface area contributed by atoms with E-state index in [4.69, 9.17) is 11.6 Å². The molecule has 1 atom stereocenters. The van der Waals surface area contributed by atoms with Gasteiger partial charge in [0.1, 0.15) is 6.04 Å². The quantitative estimate of drug-likeness (QED) is 0.276. The van der Waals surface area contributed by atoms with Gasteiger partial charge in [-0.3, -0.25) is 9.59 Å². The van der Waals surface area contributed by atoms with Gasteiger partial charge in [0, 0.05) is 11.6 Å². The molecule has 0 aliphatic carbocycles. The second-order valence-electron chi connectivity index (χ2n) is 7.79. The number of nitrogens with one attached hydrogen (secondary N) is 2. The summed E-state index contributed by atoms with van der Waals surface area (Å²) in [6, 6.07) is 17.3. The first-order valence-corrected chi connectivity index (χ1v) is 12.7. The van der Waals surface area contributed by atoms with Gasteiger partial charge in [-0.25, -0.2) is 13.2 Å². The minimum absolute atomic E-state index is 0.0219. The van der Waals surface area contributed by atoms with E-state index in [9.17, 15) is 33.0 Å². The third kappa shape index (κ3) is 6.91. The van der Waals surface area contributed by atoms with Crippen LogP contribution < -0.4 is 10.0 Å². The maximum absolute atomic E-state index is 12.7. The molecule has 0 heterocycles. The van der Waals surface area contributed by atoms with Gasteiger partial charge in [-0.1, -0.05) is 48.0 Å². The lowest BCUT2D eigenvalue weighted by molar-refractivity contribution is -0.139. The molecule has 0 aromatic heterocycles. The number of halogens is 1. The monoisotopic (exact) mass is 530 g/mol. The Labute approximate surface area is 212 Å². The van der Waals surface area contributed by atoms with E-state index in [-0.39, 0.29) is 35.4 Å². The van der Waals surface area contributed by atoms with E-state index < -0.39 is 33.9 Å². The van der Waals surface area contributed by atoms with Crippen molar-refractivity contribution in [2.45, 2.75) is 23.8 Å². The Kier molecular flexibility index (Phi) is 8.81. The molecule has 36 heavy (non-hydrogen) atoms. The van der Waals surface area contributed by atoms with Crippen molar-refractivity contribution in [3.63, 3.8) is 0 Å². The zero-order chi connectivity index (χ0) is 26.3. The highest BCUT2D eigenvalue weighted by atomic mass is 35.5. The standard InChI is InChI=1S/C25H23ClN2O7S/c26-18-11-7-16(8-12-18)17-9-13-19(14-10-17)36(34,35)28-22(25(32)33)6-3-15-27-23(29)20-4-1-2-5-21(20)24(30)31/h1-2,4-5,7-14,22,28H,3,6,15H2,(H,27,29)(H,30,31)(H,32,33)/t22-/m1/s1. The Morgan fingerprint density at radius 2 is 1.39 bits per heavy atom. The summed E-state index contributed by atoms with van der Waals surface area (Å²) in [7, 11) is -4.13. The van der Waals surface area contributed by atoms with E-state index in [0.717, 1.165) is 11.1 Å². The van der Waals surface area contributed by atoms with E-state index >= 15 is 0 Å². The number of hydrogen-bond donors (Lipinski definition) is 4. The molecule has 188 valence electrons. The fourth-order valence-electron chi connectivity index (χ4n) is 3.43. The third-order valence-electron chi connectivity index (χ3n) is 5.29. The van der Waals surface area contributed by atoms with Gasteiger partial charge < -0.3 is 15.5 Å². The molecule has 0 radical (unpaired) electrons. The number of aliphatic carboxylic acids is 1. The van der Waals surface area contributed by atoms with Crippen molar-refractivity contribution in [2.24, 2.45) is 0 Å². The van der Waals surface area contributed by atoms with Crippen LogP contribution in [0.25, 0.3) is 11.1 Å². The van der Waals surface area contributed by atoms with Gasteiger partial charge in [-0.2, -0.15) is 4.72 Å². The van der Waals surface area contributed by atoms with Crippen molar-refractivity contribution in [2.75, 3.05) is 6.54 Å². The molecule has 3 aromatic carbocycles. The van der Waals surface area contributed by atoms with Crippen LogP contribution in [0, 0.1) is 0 Å². The molecule has 3 rings (SSSR count). The predicted octanol–water partition coefficient (Wildman–Crippen LogP) is 3.65. The summed E-state index contributed by atoms with van der Waals surface area (Å²) in [5.74, 6) is -3.23. The van der Waals surface area contributed by atoms with E-state index in [1.165, 1.54) is 36.4 Å². The second kappa shape index (κ2) is 11.8. The van der Waals surface area contributed by atoms with Crippen LogP contribution in [0.2, 0.25) is 5.02 Å². The molecule has 0 unspecified atom stereocenters. The smallest absolute Gasteiger partial charge is 0.336 e. The molecule has 0 fully saturated rings. The van der Waals surface area contributed by atoms with Crippen LogP contribution in [-0.2, 0) is 14.8 Å². The maximum atomic E-state index is 12.7. The molecule has 0 aliphatic rings. The van der Waals surface area contributed by atoms with Crippen molar-refractivity contribution in [1.29, 1.82) is 0 Å². The summed E-state index contributed by atoms with van der Waals surface area (Å²) >= 11 is 5.89. The lowest BCUT2D eigenvalue weighted by Crippen LogP contribution is -2.41. The zero-order valence-corrected chi connectivity index (χ0v) is 20.4. The number of benzene rings is 3. The molecule has 0 bridgehead atoms. The average Bonchev–Trinajstić information content (AvgIpc) is 2.86. The Balaban J connectivity index is 1.59. The Morgan fingerprint density at radius 3 is 1.94 bits per heavy atom. The van der Waals surface area contributed by atoms with Crippen LogP contribution in [0.15, 0.2) is 77.7 Å². The van der Waals surface area contributed by atoms with Gasteiger partial charge in [0.2, 0.25) is 10.0 Å². The Hall–Kier alpha value is -3.73. The number of aromatic carboxylic acids is 1.